The highest BCUT2D eigenvalue weighted by atomic mass is 15.2. The summed E-state index contributed by atoms with van der Waals surface area (Å²) in [5.41, 5.74) is 31.0. The monoisotopic (exact) mass is 1910 g/mol. The second kappa shape index (κ2) is 35.9. The first-order chi connectivity index (χ1) is 74.5. The van der Waals surface area contributed by atoms with E-state index in [1.807, 2.05) is 72.8 Å². The van der Waals surface area contributed by atoms with Crippen molar-refractivity contribution >= 4 is 163 Å². The SMILES string of the molecule is c1ccc(-c2cc(-c3ccccc3)nc(-n3c4ccccc4c4cccc(-c5cccc6c7ccccc7n(-c7ccccc7)c56)c43)n2)cc1.c1ccc(-c2nc(-c3ccccc3)nc(-n3c4ccccc4c4cccc(-c5cccc6c7ccccc7n(-c7ccccc7)c56)c43)n2)cc1.c1ccc(-n2c3ccccc3c3cccc(-c4cccc5c6ccccc6n(-c6ccc7c8ccccc8c8ccccc8c7c6)c45)c32)cc1. The van der Waals surface area contributed by atoms with Gasteiger partial charge in [0.2, 0.25) is 11.9 Å². The molecule has 0 saturated heterocycles. The van der Waals surface area contributed by atoms with E-state index in [4.69, 9.17) is 24.9 Å². The molecular formula is C139H89N11. The first-order valence-corrected chi connectivity index (χ1v) is 51.0. The van der Waals surface area contributed by atoms with Gasteiger partial charge in [0.25, 0.3) is 0 Å². The Bertz CT molecular complexity index is 10200. The molecule has 0 amide bonds. The number of aromatic nitrogens is 11. The second-order valence-corrected chi connectivity index (χ2v) is 38.3. The molecule has 8 heterocycles. The fourth-order valence-electron chi connectivity index (χ4n) is 23.6. The average Bonchev–Trinajstić information content (AvgIpc) is 1.51. The maximum Gasteiger partial charge on any atom is 0.238 e. The molecule has 0 aliphatic heterocycles. The highest BCUT2D eigenvalue weighted by molar-refractivity contribution is 6.28. The van der Waals surface area contributed by atoms with Crippen LogP contribution in [0.5, 0.6) is 0 Å². The van der Waals surface area contributed by atoms with Crippen molar-refractivity contribution in [3.05, 3.63) is 540 Å². The molecule has 31 rings (SSSR count). The summed E-state index contributed by atoms with van der Waals surface area (Å²) in [7, 11) is 0. The van der Waals surface area contributed by atoms with Crippen molar-refractivity contribution in [2.75, 3.05) is 0 Å². The Hall–Kier alpha value is -20.3. The number of fused-ring (bicyclic) bond motifs is 24. The third kappa shape index (κ3) is 14.2. The minimum absolute atomic E-state index is 0.576. The number of nitrogens with zero attached hydrogens (tertiary/aromatic N) is 11. The van der Waals surface area contributed by atoms with Gasteiger partial charge in [0, 0.05) is 143 Å². The summed E-state index contributed by atoms with van der Waals surface area (Å²) < 4.78 is 14.3. The summed E-state index contributed by atoms with van der Waals surface area (Å²) in [6.07, 6.45) is 0. The minimum Gasteiger partial charge on any atom is -0.309 e. The minimum atomic E-state index is 0.576. The highest BCUT2D eigenvalue weighted by Gasteiger charge is 2.29. The van der Waals surface area contributed by atoms with E-state index >= 15 is 0 Å². The second-order valence-electron chi connectivity index (χ2n) is 38.3. The van der Waals surface area contributed by atoms with Gasteiger partial charge < -0.3 is 18.3 Å². The zero-order valence-corrected chi connectivity index (χ0v) is 81.3. The van der Waals surface area contributed by atoms with Crippen molar-refractivity contribution in [2.45, 2.75) is 0 Å². The molecule has 0 spiro atoms. The van der Waals surface area contributed by atoms with E-state index in [-0.39, 0.29) is 0 Å². The van der Waals surface area contributed by atoms with Crippen LogP contribution in [0.1, 0.15) is 0 Å². The van der Waals surface area contributed by atoms with E-state index in [0.717, 1.165) is 128 Å². The summed E-state index contributed by atoms with van der Waals surface area (Å²) in [6.45, 7) is 0. The van der Waals surface area contributed by atoms with E-state index in [2.05, 4.69) is 495 Å². The molecule has 0 fully saturated rings. The van der Waals surface area contributed by atoms with Crippen molar-refractivity contribution < 1.29 is 0 Å². The Kier molecular flexibility index (Phi) is 20.7. The lowest BCUT2D eigenvalue weighted by molar-refractivity contribution is 0.954. The largest absolute Gasteiger partial charge is 0.309 e. The molecule has 0 saturated carbocycles. The number of rotatable bonds is 13. The molecular weight excluding hydrogens is 1820 g/mol. The lowest BCUT2D eigenvalue weighted by atomic mass is 9.94. The van der Waals surface area contributed by atoms with Crippen molar-refractivity contribution in [1.29, 1.82) is 0 Å². The molecule has 150 heavy (non-hydrogen) atoms. The van der Waals surface area contributed by atoms with Gasteiger partial charge in [-0.05, 0) is 123 Å². The summed E-state index contributed by atoms with van der Waals surface area (Å²) >= 11 is 0. The Morgan fingerprint density at radius 1 is 0.120 bits per heavy atom. The third-order valence-corrected chi connectivity index (χ3v) is 30.0. The molecule has 700 valence electrons. The fraction of sp³-hybridized carbons (Fsp3) is 0. The lowest BCUT2D eigenvalue weighted by Crippen LogP contribution is -2.07. The summed E-state index contributed by atoms with van der Waals surface area (Å²) in [5.74, 6) is 2.47. The van der Waals surface area contributed by atoms with Crippen LogP contribution >= 0.6 is 0 Å². The van der Waals surface area contributed by atoms with Gasteiger partial charge in [-0.3, -0.25) is 9.13 Å². The Morgan fingerprint density at radius 2 is 0.327 bits per heavy atom. The maximum atomic E-state index is 5.32. The van der Waals surface area contributed by atoms with Crippen LogP contribution in [-0.4, -0.2) is 52.3 Å². The van der Waals surface area contributed by atoms with Gasteiger partial charge in [0.15, 0.2) is 11.6 Å². The van der Waals surface area contributed by atoms with Crippen LogP contribution < -0.4 is 0 Å². The molecule has 23 aromatic carbocycles. The topological polar surface area (TPSA) is 94.0 Å². The maximum absolute atomic E-state index is 5.32. The number of benzene rings is 23. The Balaban J connectivity index is 0.000000106. The van der Waals surface area contributed by atoms with Gasteiger partial charge in [-0.2, -0.15) is 9.97 Å². The predicted molar refractivity (Wildman–Crippen MR) is 625 cm³/mol. The fourth-order valence-corrected chi connectivity index (χ4v) is 23.6. The van der Waals surface area contributed by atoms with Gasteiger partial charge in [-0.15, -0.1) is 0 Å². The van der Waals surface area contributed by atoms with Crippen LogP contribution in [-0.2, 0) is 0 Å². The molecule has 8 aromatic heterocycles. The molecule has 0 radical (unpaired) electrons. The molecule has 0 aliphatic rings. The van der Waals surface area contributed by atoms with Crippen molar-refractivity contribution in [3.63, 3.8) is 0 Å². The van der Waals surface area contributed by atoms with Crippen LogP contribution in [0.4, 0.5) is 0 Å². The Labute approximate surface area is 862 Å². The van der Waals surface area contributed by atoms with E-state index in [1.54, 1.807) is 0 Å². The molecule has 11 heteroatoms. The van der Waals surface area contributed by atoms with Crippen molar-refractivity contribution in [1.82, 2.24) is 52.3 Å². The van der Waals surface area contributed by atoms with Crippen molar-refractivity contribution in [3.8, 4) is 113 Å². The molecule has 0 unspecified atom stereocenters. The summed E-state index contributed by atoms with van der Waals surface area (Å²) in [4.78, 5) is 26.0. The number of hydrogen-bond donors (Lipinski definition) is 0. The summed E-state index contributed by atoms with van der Waals surface area (Å²) in [5, 5.41) is 22.2. The molecule has 0 aliphatic carbocycles. The van der Waals surface area contributed by atoms with Crippen molar-refractivity contribution in [2.24, 2.45) is 0 Å². The first kappa shape index (κ1) is 86.4. The van der Waals surface area contributed by atoms with E-state index in [0.29, 0.717) is 23.5 Å². The van der Waals surface area contributed by atoms with Gasteiger partial charge in [-0.1, -0.05) is 449 Å². The van der Waals surface area contributed by atoms with Gasteiger partial charge >= 0.3 is 0 Å². The van der Waals surface area contributed by atoms with Crippen LogP contribution in [0.15, 0.2) is 540 Å². The number of hydrogen-bond acceptors (Lipinski definition) is 5. The van der Waals surface area contributed by atoms with Gasteiger partial charge in [-0.25, -0.2) is 15.0 Å². The van der Waals surface area contributed by atoms with E-state index in [9.17, 15) is 0 Å². The Morgan fingerprint density at radius 3 is 0.613 bits per heavy atom. The van der Waals surface area contributed by atoms with Gasteiger partial charge in [0.1, 0.15) is 0 Å². The van der Waals surface area contributed by atoms with E-state index < -0.39 is 0 Å². The molecule has 0 N–H and O–H groups in total. The van der Waals surface area contributed by atoms with Gasteiger partial charge in [0.05, 0.1) is 77.6 Å². The van der Waals surface area contributed by atoms with Crippen LogP contribution in [0, 0.1) is 0 Å². The quantitative estimate of drug-likeness (QED) is 0.107. The first-order valence-electron chi connectivity index (χ1n) is 51.0. The predicted octanol–water partition coefficient (Wildman–Crippen LogP) is 35.7. The van der Waals surface area contributed by atoms with E-state index in [1.165, 1.54) is 125 Å². The zero-order chi connectivity index (χ0) is 98.8. The number of para-hydroxylation sites is 15. The van der Waals surface area contributed by atoms with Crippen LogP contribution in [0.25, 0.3) is 276 Å². The smallest absolute Gasteiger partial charge is 0.238 e. The standard InChI is InChI=1S/C48H30N2.C46H30N4.C45H29N5/c1-2-14-31(15-3-1)49-45-26-10-8-20-38(45)40-22-12-24-42(47(40)49)43-25-13-23-41-39-21-9-11-27-46(39)50(48(41)43)32-28-29-37-35-18-5-4-16-33(35)34-17-6-7-19-36(34)44(37)30-32;1-4-16-31(17-5-1)40-30-41(32-18-6-2-7-19-32)48-46(47-40)50-43-29-13-11-23-35(43)37-25-15-27-39(45(37)50)38-26-14-24-36-34-22-10-12-28-42(34)49(44(36)38)33-20-8-3-9-21-33;1-4-16-30(17-5-1)43-46-44(31-18-6-2-7-19-31)48-45(47-43)50-40-29-13-11-23-34(40)36-25-15-27-38(42(36)50)37-26-14-24-35-33-22-10-12-28-39(33)49(41(35)37)32-20-8-3-9-21-32/h2*1-30H;1-29H. The third-order valence-electron chi connectivity index (χ3n) is 30.0. The van der Waals surface area contributed by atoms with Crippen LogP contribution in [0.3, 0.4) is 0 Å². The normalized spacial score (nSPS) is 11.7. The molecule has 0 bridgehead atoms. The molecule has 31 aromatic rings. The molecule has 11 nitrogen and oxygen atoms in total. The lowest BCUT2D eigenvalue weighted by Gasteiger charge is -2.16. The average molecular weight is 1910 g/mol. The summed E-state index contributed by atoms with van der Waals surface area (Å²) in [6, 6.07) is 192. The van der Waals surface area contributed by atoms with Crippen LogP contribution in [0.2, 0.25) is 0 Å². The molecule has 0 atom stereocenters. The highest BCUT2D eigenvalue weighted by Crippen LogP contribution is 2.50. The zero-order valence-electron chi connectivity index (χ0n) is 81.3.